The lowest BCUT2D eigenvalue weighted by Crippen LogP contribution is -1.77. The van der Waals surface area contributed by atoms with Gasteiger partial charge >= 0.3 is 0 Å². The Morgan fingerprint density at radius 3 is 1.59 bits per heavy atom. The molecular formula is C17H22. The first-order valence-electron chi connectivity index (χ1n) is 6.20. The fourth-order valence-electron chi connectivity index (χ4n) is 1.63. The van der Waals surface area contributed by atoms with Crippen LogP contribution in [0.4, 0.5) is 0 Å². The molecule has 0 aliphatic heterocycles. The Hall–Kier alpha value is -1.56. The Bertz CT molecular complexity index is 421. The van der Waals surface area contributed by atoms with Crippen molar-refractivity contribution in [2.24, 2.45) is 0 Å². The van der Waals surface area contributed by atoms with Crippen LogP contribution in [0.3, 0.4) is 0 Å². The summed E-state index contributed by atoms with van der Waals surface area (Å²) in [5.41, 5.74) is 5.43. The molecule has 0 spiro atoms. The van der Waals surface area contributed by atoms with Crippen molar-refractivity contribution in [1.29, 1.82) is 0 Å². The van der Waals surface area contributed by atoms with Crippen molar-refractivity contribution in [1.82, 2.24) is 0 Å². The van der Waals surface area contributed by atoms with Crippen LogP contribution in [-0.4, -0.2) is 0 Å². The van der Waals surface area contributed by atoms with E-state index in [2.05, 4.69) is 76.2 Å². The average molecular weight is 226 g/mol. The van der Waals surface area contributed by atoms with Crippen molar-refractivity contribution >= 4 is 0 Å². The molecule has 0 bridgehead atoms. The number of hydrogen-bond acceptors (Lipinski definition) is 0. The fraction of sp³-hybridized carbons (Fsp3) is 0.294. The first-order valence-corrected chi connectivity index (χ1v) is 6.20. The summed E-state index contributed by atoms with van der Waals surface area (Å²) in [7, 11) is 0. The lowest BCUT2D eigenvalue weighted by Gasteiger charge is -1.94. The zero-order valence-electron chi connectivity index (χ0n) is 11.3. The van der Waals surface area contributed by atoms with Gasteiger partial charge in [0.1, 0.15) is 0 Å². The number of aryl methyl sites for hydroxylation is 4. The van der Waals surface area contributed by atoms with Gasteiger partial charge in [-0.15, -0.1) is 0 Å². The minimum Gasteiger partial charge on any atom is -0.0617 e. The highest BCUT2D eigenvalue weighted by Crippen LogP contribution is 2.02. The van der Waals surface area contributed by atoms with Crippen molar-refractivity contribution in [3.8, 4) is 0 Å². The van der Waals surface area contributed by atoms with Crippen LogP contribution in [0.5, 0.6) is 0 Å². The first kappa shape index (κ1) is 13.5. The summed E-state index contributed by atoms with van der Waals surface area (Å²) in [6, 6.07) is 17.1. The van der Waals surface area contributed by atoms with E-state index in [1.165, 1.54) is 22.3 Å². The molecule has 0 fully saturated rings. The zero-order chi connectivity index (χ0) is 12.7. The lowest BCUT2D eigenvalue weighted by molar-refractivity contribution is 1.14. The van der Waals surface area contributed by atoms with Gasteiger partial charge in [-0.05, 0) is 32.8 Å². The van der Waals surface area contributed by atoms with Crippen molar-refractivity contribution in [2.45, 2.75) is 34.1 Å². The number of hydrogen-bond donors (Lipinski definition) is 0. The molecular weight excluding hydrogens is 204 g/mol. The summed E-state index contributed by atoms with van der Waals surface area (Å²) in [5.74, 6) is 0. The van der Waals surface area contributed by atoms with Crippen LogP contribution in [0.15, 0.2) is 48.5 Å². The summed E-state index contributed by atoms with van der Waals surface area (Å²) in [4.78, 5) is 0. The molecule has 0 aromatic heterocycles. The third-order valence-corrected chi connectivity index (χ3v) is 2.70. The van der Waals surface area contributed by atoms with Crippen molar-refractivity contribution < 1.29 is 0 Å². The Morgan fingerprint density at radius 2 is 1.24 bits per heavy atom. The predicted molar refractivity (Wildman–Crippen MR) is 76.5 cm³/mol. The molecule has 0 atom stereocenters. The van der Waals surface area contributed by atoms with Gasteiger partial charge in [-0.3, -0.25) is 0 Å². The van der Waals surface area contributed by atoms with Crippen LogP contribution in [0, 0.1) is 20.8 Å². The summed E-state index contributed by atoms with van der Waals surface area (Å²) < 4.78 is 0. The lowest BCUT2D eigenvalue weighted by atomic mass is 10.1. The zero-order valence-corrected chi connectivity index (χ0v) is 11.3. The highest BCUT2D eigenvalue weighted by molar-refractivity contribution is 5.21. The van der Waals surface area contributed by atoms with Gasteiger partial charge in [0.05, 0.1) is 0 Å². The Kier molecular flexibility index (Phi) is 5.48. The van der Waals surface area contributed by atoms with Gasteiger partial charge in [0.15, 0.2) is 0 Å². The largest absolute Gasteiger partial charge is 0.0617 e. The molecule has 0 aliphatic carbocycles. The maximum absolute atomic E-state index is 2.18. The van der Waals surface area contributed by atoms with Crippen molar-refractivity contribution in [2.75, 3.05) is 0 Å². The van der Waals surface area contributed by atoms with Crippen LogP contribution < -0.4 is 0 Å². The van der Waals surface area contributed by atoms with Gasteiger partial charge in [-0.2, -0.15) is 0 Å². The molecule has 2 aromatic carbocycles. The maximum atomic E-state index is 2.18. The minimum atomic E-state index is 1.14. The van der Waals surface area contributed by atoms with Crippen molar-refractivity contribution in [3.63, 3.8) is 0 Å². The van der Waals surface area contributed by atoms with Gasteiger partial charge in [0, 0.05) is 0 Å². The molecule has 0 unspecified atom stereocenters. The Morgan fingerprint density at radius 1 is 0.706 bits per heavy atom. The first-order chi connectivity index (χ1) is 8.11. The number of benzene rings is 2. The van der Waals surface area contributed by atoms with Crippen LogP contribution in [-0.2, 0) is 6.42 Å². The molecule has 0 nitrogen and oxygen atoms in total. The van der Waals surface area contributed by atoms with E-state index < -0.39 is 0 Å². The van der Waals surface area contributed by atoms with E-state index in [1.54, 1.807) is 0 Å². The van der Waals surface area contributed by atoms with Crippen LogP contribution in [0.25, 0.3) is 0 Å². The second-order valence-electron chi connectivity index (χ2n) is 4.50. The van der Waals surface area contributed by atoms with Crippen LogP contribution >= 0.6 is 0 Å². The normalized spacial score (nSPS) is 9.41. The highest BCUT2D eigenvalue weighted by Gasteiger charge is 1.84. The highest BCUT2D eigenvalue weighted by atomic mass is 13.9. The third-order valence-electron chi connectivity index (χ3n) is 2.70. The van der Waals surface area contributed by atoms with E-state index in [9.17, 15) is 0 Å². The van der Waals surface area contributed by atoms with E-state index in [0.717, 1.165) is 6.42 Å². The predicted octanol–water partition coefficient (Wildman–Crippen LogP) is 4.86. The minimum absolute atomic E-state index is 1.14. The van der Waals surface area contributed by atoms with Gasteiger partial charge in [-0.1, -0.05) is 72.1 Å². The van der Waals surface area contributed by atoms with E-state index in [-0.39, 0.29) is 0 Å². The number of rotatable bonds is 1. The topological polar surface area (TPSA) is 0 Å². The molecule has 2 rings (SSSR count). The molecule has 0 saturated heterocycles. The Labute approximate surface area is 105 Å². The molecule has 0 heteroatoms. The fourth-order valence-corrected chi connectivity index (χ4v) is 1.63. The molecule has 0 radical (unpaired) electrons. The molecule has 0 amide bonds. The molecule has 0 saturated carbocycles. The van der Waals surface area contributed by atoms with Gasteiger partial charge < -0.3 is 0 Å². The molecule has 2 aromatic rings. The molecule has 90 valence electrons. The smallest absolute Gasteiger partial charge is 0.0307 e. The monoisotopic (exact) mass is 226 g/mol. The van der Waals surface area contributed by atoms with E-state index in [1.807, 2.05) is 0 Å². The molecule has 0 aliphatic rings. The van der Waals surface area contributed by atoms with Crippen molar-refractivity contribution in [3.05, 3.63) is 70.8 Å². The SMILES string of the molecule is CCc1ccc(C)cc1.Cc1cccc(C)c1. The van der Waals surface area contributed by atoms with Gasteiger partial charge in [0.2, 0.25) is 0 Å². The standard InChI is InChI=1S/C9H12.C8H10/c1-3-9-6-4-8(2)5-7-9;1-7-4-3-5-8(2)6-7/h4-7H,3H2,1-2H3;3-6H,1-2H3. The molecule has 0 N–H and O–H groups in total. The van der Waals surface area contributed by atoms with Crippen LogP contribution in [0.2, 0.25) is 0 Å². The third kappa shape index (κ3) is 5.35. The average Bonchev–Trinajstić information content (AvgIpc) is 2.30. The van der Waals surface area contributed by atoms with E-state index in [0.29, 0.717) is 0 Å². The second kappa shape index (κ2) is 6.90. The summed E-state index contributed by atoms with van der Waals surface area (Å²) >= 11 is 0. The summed E-state index contributed by atoms with van der Waals surface area (Å²) in [5, 5.41) is 0. The summed E-state index contributed by atoms with van der Waals surface area (Å²) in [6.07, 6.45) is 1.14. The van der Waals surface area contributed by atoms with E-state index in [4.69, 9.17) is 0 Å². The quantitative estimate of drug-likeness (QED) is 0.651. The molecule has 0 heterocycles. The molecule has 17 heavy (non-hydrogen) atoms. The summed E-state index contributed by atoms with van der Waals surface area (Å²) in [6.45, 7) is 8.49. The van der Waals surface area contributed by atoms with Gasteiger partial charge in [-0.25, -0.2) is 0 Å². The van der Waals surface area contributed by atoms with E-state index >= 15 is 0 Å². The van der Waals surface area contributed by atoms with Gasteiger partial charge in [0.25, 0.3) is 0 Å². The van der Waals surface area contributed by atoms with Crippen LogP contribution in [0.1, 0.15) is 29.2 Å². The Balaban J connectivity index is 0.000000171. The second-order valence-corrected chi connectivity index (χ2v) is 4.50. The maximum Gasteiger partial charge on any atom is -0.0307 e.